The van der Waals surface area contributed by atoms with Crippen molar-refractivity contribution in [1.29, 1.82) is 0 Å². The van der Waals surface area contributed by atoms with E-state index in [4.69, 9.17) is 22.1 Å². The van der Waals surface area contributed by atoms with Crippen LogP contribution in [0, 0.1) is 5.92 Å². The number of hydrogen-bond donors (Lipinski definition) is 2. The minimum atomic E-state index is -0.161. The normalized spacial score (nSPS) is 12.3. The zero-order valence-electron chi connectivity index (χ0n) is 11.4. The lowest BCUT2D eigenvalue weighted by molar-refractivity contribution is -0.123. The Morgan fingerprint density at radius 1 is 1.37 bits per heavy atom. The zero-order chi connectivity index (χ0) is 14.3. The van der Waals surface area contributed by atoms with Crippen LogP contribution >= 0.6 is 11.6 Å². The van der Waals surface area contributed by atoms with Crippen LogP contribution in [0.4, 0.5) is 0 Å². The van der Waals surface area contributed by atoms with Crippen molar-refractivity contribution in [3.05, 3.63) is 29.3 Å². The first-order chi connectivity index (χ1) is 9.01. The van der Waals surface area contributed by atoms with Gasteiger partial charge in [0.05, 0.1) is 0 Å². The van der Waals surface area contributed by atoms with Gasteiger partial charge in [-0.25, -0.2) is 0 Å². The number of amides is 1. The predicted molar refractivity (Wildman–Crippen MR) is 77.4 cm³/mol. The second-order valence-corrected chi connectivity index (χ2v) is 5.31. The number of ether oxygens (including phenoxy) is 1. The maximum Gasteiger partial charge on any atom is 0.258 e. The number of benzene rings is 1. The minimum Gasteiger partial charge on any atom is -0.484 e. The van der Waals surface area contributed by atoms with E-state index < -0.39 is 0 Å². The van der Waals surface area contributed by atoms with Crippen molar-refractivity contribution in [2.75, 3.05) is 13.2 Å². The maximum atomic E-state index is 11.7. The molecular formula is C14H21ClN2O2. The monoisotopic (exact) mass is 284 g/mol. The molecule has 0 aliphatic rings. The Hall–Kier alpha value is -1.26. The van der Waals surface area contributed by atoms with Crippen molar-refractivity contribution in [1.82, 2.24) is 5.32 Å². The maximum absolute atomic E-state index is 11.7. The fourth-order valence-corrected chi connectivity index (χ4v) is 1.86. The van der Waals surface area contributed by atoms with Gasteiger partial charge in [-0.3, -0.25) is 4.79 Å². The summed E-state index contributed by atoms with van der Waals surface area (Å²) >= 11 is 5.76. The molecular weight excluding hydrogens is 264 g/mol. The van der Waals surface area contributed by atoms with E-state index in [1.807, 2.05) is 0 Å². The Morgan fingerprint density at radius 3 is 2.53 bits per heavy atom. The van der Waals surface area contributed by atoms with Gasteiger partial charge in [0.25, 0.3) is 5.91 Å². The number of nitrogens with one attached hydrogen (secondary N) is 1. The summed E-state index contributed by atoms with van der Waals surface area (Å²) < 4.78 is 5.36. The molecule has 0 spiro atoms. The van der Waals surface area contributed by atoms with E-state index in [9.17, 15) is 4.79 Å². The molecule has 19 heavy (non-hydrogen) atoms. The Kier molecular flexibility index (Phi) is 6.67. The first kappa shape index (κ1) is 15.8. The van der Waals surface area contributed by atoms with Crippen LogP contribution in [0.15, 0.2) is 24.3 Å². The number of hydrogen-bond acceptors (Lipinski definition) is 3. The first-order valence-electron chi connectivity index (χ1n) is 6.39. The van der Waals surface area contributed by atoms with Crippen LogP contribution in [0.3, 0.4) is 0 Å². The Morgan fingerprint density at radius 2 is 2.00 bits per heavy atom. The van der Waals surface area contributed by atoms with E-state index in [0.717, 1.165) is 6.42 Å². The Bertz CT molecular complexity index is 393. The van der Waals surface area contributed by atoms with Gasteiger partial charge in [-0.1, -0.05) is 25.4 Å². The van der Waals surface area contributed by atoms with Crippen LogP contribution in [0.1, 0.15) is 20.3 Å². The molecule has 1 aromatic carbocycles. The molecule has 0 radical (unpaired) electrons. The van der Waals surface area contributed by atoms with Crippen molar-refractivity contribution in [3.63, 3.8) is 0 Å². The summed E-state index contributed by atoms with van der Waals surface area (Å²) in [5.41, 5.74) is 5.62. The topological polar surface area (TPSA) is 64.3 Å². The van der Waals surface area contributed by atoms with Gasteiger partial charge in [0.2, 0.25) is 0 Å². The molecule has 1 rings (SSSR count). The van der Waals surface area contributed by atoms with E-state index in [-0.39, 0.29) is 18.6 Å². The molecule has 1 atom stereocenters. The minimum absolute atomic E-state index is 0.00122. The molecule has 106 valence electrons. The Labute approximate surface area is 119 Å². The van der Waals surface area contributed by atoms with E-state index in [0.29, 0.717) is 23.2 Å². The lowest BCUT2D eigenvalue weighted by atomic mass is 10.0. The summed E-state index contributed by atoms with van der Waals surface area (Å²) in [6, 6.07) is 6.89. The molecule has 0 saturated carbocycles. The highest BCUT2D eigenvalue weighted by Crippen LogP contribution is 2.15. The average molecular weight is 285 g/mol. The van der Waals surface area contributed by atoms with Crippen LogP contribution < -0.4 is 15.8 Å². The largest absolute Gasteiger partial charge is 0.484 e. The molecule has 0 heterocycles. The summed E-state index contributed by atoms with van der Waals surface area (Å²) in [4.78, 5) is 11.7. The quantitative estimate of drug-likeness (QED) is 0.807. The van der Waals surface area contributed by atoms with Gasteiger partial charge >= 0.3 is 0 Å². The highest BCUT2D eigenvalue weighted by molar-refractivity contribution is 6.30. The highest BCUT2D eigenvalue weighted by atomic mass is 35.5. The van der Waals surface area contributed by atoms with Crippen molar-refractivity contribution in [2.24, 2.45) is 11.7 Å². The lowest BCUT2D eigenvalue weighted by Gasteiger charge is -2.18. The predicted octanol–water partition coefficient (Wildman–Crippen LogP) is 2.21. The second kappa shape index (κ2) is 8.02. The highest BCUT2D eigenvalue weighted by Gasteiger charge is 2.12. The van der Waals surface area contributed by atoms with Gasteiger partial charge < -0.3 is 15.8 Å². The van der Waals surface area contributed by atoms with Crippen LogP contribution in [0.25, 0.3) is 0 Å². The molecule has 4 nitrogen and oxygen atoms in total. The summed E-state index contributed by atoms with van der Waals surface area (Å²) in [7, 11) is 0. The van der Waals surface area contributed by atoms with E-state index >= 15 is 0 Å². The molecule has 0 bridgehead atoms. The van der Waals surface area contributed by atoms with Gasteiger partial charge in [0.1, 0.15) is 5.75 Å². The molecule has 1 amide bonds. The summed E-state index contributed by atoms with van der Waals surface area (Å²) in [6.45, 7) is 4.61. The number of nitrogens with two attached hydrogens (primary N) is 1. The molecule has 1 aromatic rings. The van der Waals surface area contributed by atoms with Crippen LogP contribution in [-0.2, 0) is 4.79 Å². The Balaban J connectivity index is 2.36. The second-order valence-electron chi connectivity index (χ2n) is 4.87. The molecule has 5 heteroatoms. The van der Waals surface area contributed by atoms with Crippen molar-refractivity contribution in [3.8, 4) is 5.75 Å². The zero-order valence-corrected chi connectivity index (χ0v) is 12.1. The molecule has 0 aliphatic carbocycles. The van der Waals surface area contributed by atoms with Gasteiger partial charge in [0, 0.05) is 17.6 Å². The molecule has 0 saturated heterocycles. The lowest BCUT2D eigenvalue weighted by Crippen LogP contribution is -2.43. The number of halogens is 1. The van der Waals surface area contributed by atoms with Gasteiger partial charge in [-0.05, 0) is 36.6 Å². The van der Waals surface area contributed by atoms with Gasteiger partial charge in [-0.2, -0.15) is 0 Å². The molecule has 3 N–H and O–H groups in total. The van der Waals surface area contributed by atoms with Gasteiger partial charge in [0.15, 0.2) is 6.61 Å². The van der Waals surface area contributed by atoms with Crippen LogP contribution in [-0.4, -0.2) is 25.1 Å². The summed E-state index contributed by atoms with van der Waals surface area (Å²) in [5.74, 6) is 0.949. The fourth-order valence-electron chi connectivity index (χ4n) is 1.73. The molecule has 1 unspecified atom stereocenters. The standard InChI is InChI=1S/C14H21ClN2O2/c1-10(2)7-12(8-16)17-14(18)9-19-13-5-3-11(15)4-6-13/h3-6,10,12H,7-9,16H2,1-2H3,(H,17,18). The fraction of sp³-hybridized carbons (Fsp3) is 0.500. The van der Waals surface area contributed by atoms with E-state index in [1.54, 1.807) is 24.3 Å². The molecule has 0 fully saturated rings. The third kappa shape index (κ3) is 6.45. The summed E-state index contributed by atoms with van der Waals surface area (Å²) in [5, 5.41) is 3.50. The van der Waals surface area contributed by atoms with Crippen LogP contribution in [0.2, 0.25) is 5.02 Å². The van der Waals surface area contributed by atoms with Crippen LogP contribution in [0.5, 0.6) is 5.75 Å². The smallest absolute Gasteiger partial charge is 0.258 e. The van der Waals surface area contributed by atoms with Crippen molar-refractivity contribution < 1.29 is 9.53 Å². The molecule has 0 aromatic heterocycles. The van der Waals surface area contributed by atoms with Crippen molar-refractivity contribution >= 4 is 17.5 Å². The first-order valence-corrected chi connectivity index (χ1v) is 6.77. The van der Waals surface area contributed by atoms with E-state index in [2.05, 4.69) is 19.2 Å². The third-order valence-electron chi connectivity index (χ3n) is 2.59. The van der Waals surface area contributed by atoms with Crippen molar-refractivity contribution in [2.45, 2.75) is 26.3 Å². The average Bonchev–Trinajstić information content (AvgIpc) is 2.36. The number of carbonyl (C=O) groups is 1. The molecule has 0 aliphatic heterocycles. The third-order valence-corrected chi connectivity index (χ3v) is 2.84. The van der Waals surface area contributed by atoms with E-state index in [1.165, 1.54) is 0 Å². The van der Waals surface area contributed by atoms with Gasteiger partial charge in [-0.15, -0.1) is 0 Å². The summed E-state index contributed by atoms with van der Waals surface area (Å²) in [6.07, 6.45) is 0.864. The SMILES string of the molecule is CC(C)CC(CN)NC(=O)COc1ccc(Cl)cc1. The number of rotatable bonds is 7. The number of carbonyl (C=O) groups excluding carboxylic acids is 1.